The summed E-state index contributed by atoms with van der Waals surface area (Å²) in [6.07, 6.45) is 2.03. The van der Waals surface area contributed by atoms with Crippen molar-refractivity contribution in [2.75, 3.05) is 0 Å². The molecule has 0 aliphatic rings. The van der Waals surface area contributed by atoms with E-state index in [0.717, 1.165) is 38.6 Å². The van der Waals surface area contributed by atoms with Crippen molar-refractivity contribution < 1.29 is 9.14 Å². The molecule has 2 heterocycles. The van der Waals surface area contributed by atoms with Crippen LogP contribution in [0, 0.1) is 13.8 Å². The van der Waals surface area contributed by atoms with E-state index in [2.05, 4.69) is 63.2 Å². The molecule has 0 amide bonds. The highest BCUT2D eigenvalue weighted by Gasteiger charge is 2.14. The van der Waals surface area contributed by atoms with Gasteiger partial charge in [0, 0.05) is 6.07 Å². The molecular formula is C21H19BrN3O+. The third-order valence-electron chi connectivity index (χ3n) is 4.29. The normalized spacial score (nSPS) is 11.0. The number of aryl methyl sites for hydroxylation is 2. The van der Waals surface area contributed by atoms with E-state index in [1.807, 2.05) is 41.8 Å². The molecule has 130 valence electrons. The number of ether oxygens (including phenoxy) is 1. The first-order valence-electron chi connectivity index (χ1n) is 8.45. The summed E-state index contributed by atoms with van der Waals surface area (Å²) in [5, 5.41) is 0. The fourth-order valence-electron chi connectivity index (χ4n) is 3.03. The van der Waals surface area contributed by atoms with Crippen LogP contribution in [0.5, 0.6) is 5.75 Å². The number of benzene rings is 2. The number of halogens is 1. The molecule has 2 aromatic carbocycles. The van der Waals surface area contributed by atoms with E-state index in [0.29, 0.717) is 6.61 Å². The molecular weight excluding hydrogens is 390 g/mol. The van der Waals surface area contributed by atoms with Crippen molar-refractivity contribution in [2.45, 2.75) is 20.5 Å². The van der Waals surface area contributed by atoms with Crippen LogP contribution in [0.2, 0.25) is 0 Å². The standard InChI is InChI=1S/C21H18BrN3O/c1-14-10-15(2)25-12-18(24-21(25)23-14)13-26-20-9-8-17(11-19(20)22)16-6-4-3-5-7-16/h3-12H,13H2,1-2H3/p+1. The minimum atomic E-state index is 0.450. The van der Waals surface area contributed by atoms with Gasteiger partial charge in [0.2, 0.25) is 0 Å². The van der Waals surface area contributed by atoms with Crippen molar-refractivity contribution in [1.29, 1.82) is 0 Å². The van der Waals surface area contributed by atoms with Crippen molar-refractivity contribution in [3.63, 3.8) is 0 Å². The number of nitrogens with zero attached hydrogens (tertiary/aromatic N) is 2. The van der Waals surface area contributed by atoms with Crippen molar-refractivity contribution >= 4 is 21.7 Å². The summed E-state index contributed by atoms with van der Waals surface area (Å²) in [7, 11) is 0. The lowest BCUT2D eigenvalue weighted by atomic mass is 10.1. The maximum Gasteiger partial charge on any atom is 0.401 e. The zero-order chi connectivity index (χ0) is 18.1. The zero-order valence-corrected chi connectivity index (χ0v) is 16.2. The molecule has 1 N–H and O–H groups in total. The van der Waals surface area contributed by atoms with Crippen molar-refractivity contribution in [2.24, 2.45) is 0 Å². The van der Waals surface area contributed by atoms with Gasteiger partial charge in [-0.3, -0.25) is 0 Å². The van der Waals surface area contributed by atoms with Crippen molar-refractivity contribution in [3.8, 4) is 16.9 Å². The van der Waals surface area contributed by atoms with E-state index in [4.69, 9.17) is 4.74 Å². The molecule has 4 rings (SSSR count). The number of aromatic amines is 1. The molecule has 0 aliphatic carbocycles. The second-order valence-corrected chi connectivity index (χ2v) is 7.17. The Labute approximate surface area is 160 Å². The number of rotatable bonds is 4. The fourth-order valence-corrected chi connectivity index (χ4v) is 3.53. The molecule has 0 bridgehead atoms. The largest absolute Gasteiger partial charge is 0.485 e. The van der Waals surface area contributed by atoms with Gasteiger partial charge in [0.25, 0.3) is 0 Å². The molecule has 2 aromatic heterocycles. The van der Waals surface area contributed by atoms with E-state index < -0.39 is 0 Å². The number of fused-ring (bicyclic) bond motifs is 1. The Bertz CT molecular complexity index is 1070. The average Bonchev–Trinajstić information content (AvgIpc) is 3.04. The monoisotopic (exact) mass is 408 g/mol. The first kappa shape index (κ1) is 16.8. The number of imidazole rings is 1. The first-order valence-corrected chi connectivity index (χ1v) is 9.25. The molecule has 0 fully saturated rings. The van der Waals surface area contributed by atoms with Crippen LogP contribution >= 0.6 is 15.9 Å². The summed E-state index contributed by atoms with van der Waals surface area (Å²) in [6, 6.07) is 18.5. The van der Waals surface area contributed by atoms with Gasteiger partial charge in [0.15, 0.2) is 0 Å². The molecule has 0 saturated carbocycles. The Hall–Kier alpha value is -2.66. The summed E-state index contributed by atoms with van der Waals surface area (Å²) in [4.78, 5) is 7.83. The maximum atomic E-state index is 5.99. The first-order chi connectivity index (χ1) is 12.6. The summed E-state index contributed by atoms with van der Waals surface area (Å²) < 4.78 is 8.97. The lowest BCUT2D eigenvalue weighted by Gasteiger charge is -2.08. The Morgan fingerprint density at radius 1 is 1.04 bits per heavy atom. The van der Waals surface area contributed by atoms with Crippen LogP contribution < -0.4 is 9.14 Å². The average molecular weight is 409 g/mol. The summed E-state index contributed by atoms with van der Waals surface area (Å²) in [5.41, 5.74) is 5.45. The van der Waals surface area contributed by atoms with Gasteiger partial charge in [-0.1, -0.05) is 41.4 Å². The molecule has 0 unspecified atom stereocenters. The minimum Gasteiger partial charge on any atom is -0.485 e. The Morgan fingerprint density at radius 2 is 1.85 bits per heavy atom. The topological polar surface area (TPSA) is 42.0 Å². The highest BCUT2D eigenvalue weighted by molar-refractivity contribution is 9.10. The molecule has 0 radical (unpaired) electrons. The molecule has 4 aromatic rings. The second kappa shape index (κ2) is 6.92. The van der Waals surface area contributed by atoms with Gasteiger partial charge in [-0.15, -0.1) is 0 Å². The van der Waals surface area contributed by atoms with Gasteiger partial charge >= 0.3 is 5.78 Å². The van der Waals surface area contributed by atoms with Gasteiger partial charge in [0.05, 0.1) is 10.2 Å². The van der Waals surface area contributed by atoms with Crippen LogP contribution in [0.25, 0.3) is 16.9 Å². The van der Waals surface area contributed by atoms with Gasteiger partial charge in [-0.05, 0) is 53.0 Å². The van der Waals surface area contributed by atoms with E-state index >= 15 is 0 Å². The zero-order valence-electron chi connectivity index (χ0n) is 14.7. The smallest absolute Gasteiger partial charge is 0.401 e. The van der Waals surface area contributed by atoms with Crippen LogP contribution in [0.1, 0.15) is 17.1 Å². The third kappa shape index (κ3) is 3.35. The van der Waals surface area contributed by atoms with E-state index in [1.165, 1.54) is 5.56 Å². The summed E-state index contributed by atoms with van der Waals surface area (Å²) in [5.74, 6) is 1.65. The number of aromatic nitrogens is 3. The molecule has 0 saturated heterocycles. The third-order valence-corrected chi connectivity index (χ3v) is 4.91. The lowest BCUT2D eigenvalue weighted by molar-refractivity contribution is -0.520. The quantitative estimate of drug-likeness (QED) is 0.494. The Morgan fingerprint density at radius 3 is 2.62 bits per heavy atom. The summed E-state index contributed by atoms with van der Waals surface area (Å²) >= 11 is 3.62. The highest BCUT2D eigenvalue weighted by Crippen LogP contribution is 2.31. The van der Waals surface area contributed by atoms with E-state index in [9.17, 15) is 0 Å². The number of hydrogen-bond acceptors (Lipinski definition) is 2. The highest BCUT2D eigenvalue weighted by atomic mass is 79.9. The number of nitrogens with one attached hydrogen (secondary N) is 1. The van der Waals surface area contributed by atoms with E-state index in [-0.39, 0.29) is 0 Å². The fraction of sp³-hybridized carbons (Fsp3) is 0.143. The molecule has 4 nitrogen and oxygen atoms in total. The molecule has 0 aliphatic heterocycles. The van der Waals surface area contributed by atoms with Crippen LogP contribution in [-0.2, 0) is 6.61 Å². The molecule has 5 heteroatoms. The minimum absolute atomic E-state index is 0.450. The van der Waals surface area contributed by atoms with Crippen molar-refractivity contribution in [1.82, 2.24) is 9.97 Å². The summed E-state index contributed by atoms with van der Waals surface area (Å²) in [6.45, 7) is 4.51. The van der Waals surface area contributed by atoms with E-state index in [1.54, 1.807) is 0 Å². The van der Waals surface area contributed by atoms with Crippen LogP contribution in [0.15, 0.2) is 65.3 Å². The predicted octanol–water partition coefficient (Wildman–Crippen LogP) is 4.77. The SMILES string of the molecule is Cc1cc(C)[n+]2cc(COc3ccc(-c4ccccc4)cc3Br)[nH]c2n1. The second-order valence-electron chi connectivity index (χ2n) is 6.31. The van der Waals surface area contributed by atoms with Gasteiger partial charge in [0.1, 0.15) is 29.9 Å². The predicted molar refractivity (Wildman–Crippen MR) is 105 cm³/mol. The maximum absolute atomic E-state index is 5.99. The van der Waals surface area contributed by atoms with Crippen molar-refractivity contribution in [3.05, 3.63) is 82.3 Å². The molecule has 26 heavy (non-hydrogen) atoms. The van der Waals surface area contributed by atoms with Crippen LogP contribution in [-0.4, -0.2) is 9.97 Å². The van der Waals surface area contributed by atoms with Crippen LogP contribution in [0.4, 0.5) is 0 Å². The molecule has 0 atom stereocenters. The molecule has 0 spiro atoms. The van der Waals surface area contributed by atoms with Gasteiger partial charge in [-0.25, -0.2) is 9.38 Å². The Balaban J connectivity index is 1.54. The number of H-pyrrole nitrogens is 1. The van der Waals surface area contributed by atoms with Crippen LogP contribution in [0.3, 0.4) is 0 Å². The Kier molecular flexibility index (Phi) is 4.47. The van der Waals surface area contributed by atoms with Gasteiger partial charge < -0.3 is 4.74 Å². The van der Waals surface area contributed by atoms with Gasteiger partial charge in [-0.2, -0.15) is 0 Å². The number of hydrogen-bond donors (Lipinski definition) is 1. The lowest BCUT2D eigenvalue weighted by Crippen LogP contribution is -2.24.